The lowest BCUT2D eigenvalue weighted by atomic mass is 10.0. The van der Waals surface area contributed by atoms with E-state index in [0.717, 1.165) is 29.7 Å². The highest BCUT2D eigenvalue weighted by molar-refractivity contribution is 7.89. The Balaban J connectivity index is 1.75. The second-order valence-corrected chi connectivity index (χ2v) is 9.09. The second kappa shape index (κ2) is 8.23. The molecule has 0 aliphatic carbocycles. The molecule has 1 amide bonds. The SMILES string of the molecule is Cc1ccc(S(=O)(=O)N2CCCC[C@H]2CC(=O)Nc2cccc(C)c2)cc1. The largest absolute Gasteiger partial charge is 0.326 e. The zero-order valence-electron chi connectivity index (χ0n) is 15.8. The fraction of sp³-hybridized carbons (Fsp3) is 0.381. The summed E-state index contributed by atoms with van der Waals surface area (Å²) in [6, 6.07) is 14.2. The minimum atomic E-state index is -3.60. The maximum atomic E-state index is 13.1. The molecule has 1 aliphatic heterocycles. The highest BCUT2D eigenvalue weighted by Crippen LogP contribution is 2.27. The molecule has 0 radical (unpaired) electrons. The highest BCUT2D eigenvalue weighted by Gasteiger charge is 2.34. The molecule has 2 aromatic carbocycles. The van der Waals surface area contributed by atoms with Crippen LogP contribution < -0.4 is 5.32 Å². The smallest absolute Gasteiger partial charge is 0.243 e. The van der Waals surface area contributed by atoms with Crippen molar-refractivity contribution in [2.75, 3.05) is 11.9 Å². The van der Waals surface area contributed by atoms with Gasteiger partial charge in [0, 0.05) is 24.7 Å². The maximum absolute atomic E-state index is 13.1. The molecule has 1 fully saturated rings. The van der Waals surface area contributed by atoms with Gasteiger partial charge in [-0.25, -0.2) is 8.42 Å². The molecule has 1 saturated heterocycles. The number of carbonyl (C=O) groups is 1. The summed E-state index contributed by atoms with van der Waals surface area (Å²) < 4.78 is 27.7. The van der Waals surface area contributed by atoms with Gasteiger partial charge in [-0.05, 0) is 56.5 Å². The van der Waals surface area contributed by atoms with E-state index < -0.39 is 10.0 Å². The third-order valence-corrected chi connectivity index (χ3v) is 6.89. The van der Waals surface area contributed by atoms with E-state index in [4.69, 9.17) is 0 Å². The van der Waals surface area contributed by atoms with Crippen LogP contribution in [0.4, 0.5) is 5.69 Å². The van der Waals surface area contributed by atoms with E-state index in [1.807, 2.05) is 38.1 Å². The normalized spacial score (nSPS) is 18.2. The maximum Gasteiger partial charge on any atom is 0.243 e. The van der Waals surface area contributed by atoms with Gasteiger partial charge in [-0.1, -0.05) is 36.2 Å². The van der Waals surface area contributed by atoms with Crippen molar-refractivity contribution in [1.29, 1.82) is 0 Å². The number of rotatable bonds is 5. The molecule has 1 N–H and O–H groups in total. The summed E-state index contributed by atoms with van der Waals surface area (Å²) in [7, 11) is -3.60. The fourth-order valence-corrected chi connectivity index (χ4v) is 5.18. The Labute approximate surface area is 161 Å². The van der Waals surface area contributed by atoms with Gasteiger partial charge in [0.15, 0.2) is 0 Å². The molecule has 6 heteroatoms. The van der Waals surface area contributed by atoms with Crippen molar-refractivity contribution in [3.8, 4) is 0 Å². The molecular weight excluding hydrogens is 360 g/mol. The van der Waals surface area contributed by atoms with Crippen molar-refractivity contribution >= 4 is 21.6 Å². The number of carbonyl (C=O) groups excluding carboxylic acids is 1. The number of nitrogens with zero attached hydrogens (tertiary/aromatic N) is 1. The van der Waals surface area contributed by atoms with Crippen LogP contribution in [0.2, 0.25) is 0 Å². The molecule has 0 bridgehead atoms. The Morgan fingerprint density at radius 3 is 2.52 bits per heavy atom. The molecule has 1 aliphatic rings. The van der Waals surface area contributed by atoms with Crippen LogP contribution in [0.25, 0.3) is 0 Å². The zero-order valence-corrected chi connectivity index (χ0v) is 16.6. The Bertz CT molecular complexity index is 907. The predicted octanol–water partition coefficient (Wildman–Crippen LogP) is 3.88. The Morgan fingerprint density at radius 1 is 1.07 bits per heavy atom. The molecule has 144 valence electrons. The third kappa shape index (κ3) is 4.76. The molecule has 0 unspecified atom stereocenters. The molecule has 3 rings (SSSR count). The standard InChI is InChI=1S/C21H26N2O3S/c1-16-9-11-20(12-10-16)27(25,26)23-13-4-3-8-19(23)15-21(24)22-18-7-5-6-17(2)14-18/h5-7,9-12,14,19H,3-4,8,13,15H2,1-2H3,(H,22,24)/t19-/m0/s1. The van der Waals surface area contributed by atoms with Crippen LogP contribution in [-0.2, 0) is 14.8 Å². The summed E-state index contributed by atoms with van der Waals surface area (Å²) in [6.45, 7) is 4.35. The summed E-state index contributed by atoms with van der Waals surface area (Å²) in [5, 5.41) is 2.89. The van der Waals surface area contributed by atoms with Gasteiger partial charge in [0.25, 0.3) is 0 Å². The van der Waals surface area contributed by atoms with Gasteiger partial charge in [0.2, 0.25) is 15.9 Å². The van der Waals surface area contributed by atoms with E-state index in [-0.39, 0.29) is 18.4 Å². The minimum absolute atomic E-state index is 0.156. The van der Waals surface area contributed by atoms with Crippen LogP contribution in [0.5, 0.6) is 0 Å². The van der Waals surface area contributed by atoms with E-state index in [1.54, 1.807) is 24.3 Å². The van der Waals surface area contributed by atoms with Crippen LogP contribution in [0.3, 0.4) is 0 Å². The van der Waals surface area contributed by atoms with Crippen LogP contribution in [0.15, 0.2) is 53.4 Å². The number of aryl methyl sites for hydroxylation is 2. The first-order valence-corrected chi connectivity index (χ1v) is 10.8. The Kier molecular flexibility index (Phi) is 5.97. The van der Waals surface area contributed by atoms with Crippen LogP contribution >= 0.6 is 0 Å². The van der Waals surface area contributed by atoms with Gasteiger partial charge >= 0.3 is 0 Å². The molecule has 5 nitrogen and oxygen atoms in total. The summed E-state index contributed by atoms with van der Waals surface area (Å²) >= 11 is 0. The summed E-state index contributed by atoms with van der Waals surface area (Å²) in [5.74, 6) is -0.156. The molecular formula is C21H26N2O3S. The van der Waals surface area contributed by atoms with Crippen molar-refractivity contribution in [2.24, 2.45) is 0 Å². The average molecular weight is 387 g/mol. The van der Waals surface area contributed by atoms with Gasteiger partial charge in [-0.3, -0.25) is 4.79 Å². The van der Waals surface area contributed by atoms with Crippen molar-refractivity contribution in [3.05, 3.63) is 59.7 Å². The topological polar surface area (TPSA) is 66.5 Å². The van der Waals surface area contributed by atoms with Gasteiger partial charge in [-0.15, -0.1) is 0 Å². The lowest BCUT2D eigenvalue weighted by Crippen LogP contribution is -2.45. The first kappa shape index (κ1) is 19.6. The number of benzene rings is 2. The van der Waals surface area contributed by atoms with Crippen LogP contribution in [0, 0.1) is 13.8 Å². The summed E-state index contributed by atoms with van der Waals surface area (Å²) in [4.78, 5) is 12.8. The number of hydrogen-bond donors (Lipinski definition) is 1. The summed E-state index contributed by atoms with van der Waals surface area (Å²) in [5.41, 5.74) is 2.82. The number of sulfonamides is 1. The number of hydrogen-bond acceptors (Lipinski definition) is 3. The Morgan fingerprint density at radius 2 is 1.81 bits per heavy atom. The average Bonchev–Trinajstić information content (AvgIpc) is 2.62. The molecule has 2 aromatic rings. The fourth-order valence-electron chi connectivity index (χ4n) is 3.49. The first-order chi connectivity index (χ1) is 12.9. The van der Waals surface area contributed by atoms with Crippen molar-refractivity contribution in [2.45, 2.75) is 50.5 Å². The molecule has 1 atom stereocenters. The predicted molar refractivity (Wildman–Crippen MR) is 107 cm³/mol. The monoisotopic (exact) mass is 386 g/mol. The van der Waals surface area contributed by atoms with Crippen molar-refractivity contribution in [3.63, 3.8) is 0 Å². The number of anilines is 1. The van der Waals surface area contributed by atoms with E-state index in [9.17, 15) is 13.2 Å². The number of nitrogens with one attached hydrogen (secondary N) is 1. The molecule has 27 heavy (non-hydrogen) atoms. The van der Waals surface area contributed by atoms with Crippen LogP contribution in [-0.4, -0.2) is 31.2 Å². The number of piperidine rings is 1. The van der Waals surface area contributed by atoms with Gasteiger partial charge in [-0.2, -0.15) is 4.31 Å². The Hall–Kier alpha value is -2.18. The quantitative estimate of drug-likeness (QED) is 0.848. The number of amides is 1. The van der Waals surface area contributed by atoms with Gasteiger partial charge < -0.3 is 5.32 Å². The van der Waals surface area contributed by atoms with E-state index >= 15 is 0 Å². The summed E-state index contributed by atoms with van der Waals surface area (Å²) in [6.07, 6.45) is 2.62. The highest BCUT2D eigenvalue weighted by atomic mass is 32.2. The van der Waals surface area contributed by atoms with E-state index in [2.05, 4.69) is 5.32 Å². The van der Waals surface area contributed by atoms with Crippen molar-refractivity contribution < 1.29 is 13.2 Å². The second-order valence-electron chi connectivity index (χ2n) is 7.20. The zero-order chi connectivity index (χ0) is 19.4. The molecule has 0 saturated carbocycles. The lowest BCUT2D eigenvalue weighted by Gasteiger charge is -2.34. The van der Waals surface area contributed by atoms with Crippen molar-refractivity contribution in [1.82, 2.24) is 4.31 Å². The van der Waals surface area contributed by atoms with E-state index in [0.29, 0.717) is 17.9 Å². The van der Waals surface area contributed by atoms with Gasteiger partial charge in [0.05, 0.1) is 4.90 Å². The van der Waals surface area contributed by atoms with Crippen LogP contribution in [0.1, 0.15) is 36.8 Å². The third-order valence-electron chi connectivity index (χ3n) is 4.92. The first-order valence-electron chi connectivity index (χ1n) is 9.31. The molecule has 0 aromatic heterocycles. The minimum Gasteiger partial charge on any atom is -0.326 e. The lowest BCUT2D eigenvalue weighted by molar-refractivity contribution is -0.117. The molecule has 0 spiro atoms. The molecule has 1 heterocycles. The van der Waals surface area contributed by atoms with E-state index in [1.165, 1.54) is 4.31 Å². The van der Waals surface area contributed by atoms with Gasteiger partial charge in [0.1, 0.15) is 0 Å².